The lowest BCUT2D eigenvalue weighted by atomic mass is 10.2. The van der Waals surface area contributed by atoms with Gasteiger partial charge < -0.3 is 14.6 Å². The molecule has 1 aromatic rings. The number of aryl methyl sites for hydroxylation is 1. The molecule has 1 heterocycles. The van der Waals surface area contributed by atoms with Crippen LogP contribution in [-0.2, 0) is 4.74 Å². The van der Waals surface area contributed by atoms with Gasteiger partial charge in [0.25, 0.3) is 0 Å². The summed E-state index contributed by atoms with van der Waals surface area (Å²) in [5, 5.41) is 3.58. The molecule has 0 aliphatic heterocycles. The summed E-state index contributed by atoms with van der Waals surface area (Å²) in [5.41, 5.74) is 1.07. The Balaban J connectivity index is 2.03. The Morgan fingerprint density at radius 2 is 2.22 bits per heavy atom. The molecule has 102 valence electrons. The van der Waals surface area contributed by atoms with Crippen molar-refractivity contribution in [1.82, 2.24) is 9.55 Å². The largest absolute Gasteiger partial charge is 0.380 e. The molecular weight excluding hydrogens is 226 g/mol. The molecule has 4 heteroatoms. The highest BCUT2D eigenvalue weighted by molar-refractivity contribution is 5.31. The van der Waals surface area contributed by atoms with E-state index in [9.17, 15) is 0 Å². The highest BCUT2D eigenvalue weighted by Gasteiger charge is 2.18. The molecule has 4 nitrogen and oxygen atoms in total. The van der Waals surface area contributed by atoms with E-state index in [2.05, 4.69) is 28.0 Å². The van der Waals surface area contributed by atoms with Gasteiger partial charge in [0.2, 0.25) is 5.95 Å². The van der Waals surface area contributed by atoms with Crippen LogP contribution >= 0.6 is 0 Å². The van der Waals surface area contributed by atoms with E-state index in [4.69, 9.17) is 4.74 Å². The number of anilines is 1. The van der Waals surface area contributed by atoms with Gasteiger partial charge in [-0.2, -0.15) is 0 Å². The van der Waals surface area contributed by atoms with Crippen LogP contribution in [0.4, 0.5) is 5.95 Å². The monoisotopic (exact) mass is 251 g/mol. The van der Waals surface area contributed by atoms with E-state index in [1.165, 1.54) is 25.7 Å². The Labute approximate surface area is 110 Å². The lowest BCUT2D eigenvalue weighted by Crippen LogP contribution is -2.20. The Morgan fingerprint density at radius 3 is 2.89 bits per heavy atom. The Kier molecular flexibility index (Phi) is 4.64. The zero-order valence-electron chi connectivity index (χ0n) is 11.8. The molecular formula is C14H25N3O. The van der Waals surface area contributed by atoms with E-state index in [0.29, 0.717) is 12.1 Å². The number of ether oxygens (including phenoxy) is 1. The minimum absolute atomic E-state index is 0.329. The highest BCUT2D eigenvalue weighted by atomic mass is 16.5. The van der Waals surface area contributed by atoms with Crippen molar-refractivity contribution in [2.24, 2.45) is 0 Å². The summed E-state index contributed by atoms with van der Waals surface area (Å²) >= 11 is 0. The third-order valence-electron chi connectivity index (χ3n) is 3.58. The fourth-order valence-corrected chi connectivity index (χ4v) is 2.58. The number of nitrogens with zero attached hydrogens (tertiary/aromatic N) is 2. The first-order valence-corrected chi connectivity index (χ1v) is 7.10. The Hall–Kier alpha value is -1.03. The molecule has 1 N–H and O–H groups in total. The second-order valence-electron chi connectivity index (χ2n) is 5.25. The molecule has 2 rings (SSSR count). The van der Waals surface area contributed by atoms with E-state index >= 15 is 0 Å². The maximum absolute atomic E-state index is 5.51. The third-order valence-corrected chi connectivity index (χ3v) is 3.58. The third kappa shape index (κ3) is 3.25. The van der Waals surface area contributed by atoms with Crippen LogP contribution in [0.5, 0.6) is 0 Å². The van der Waals surface area contributed by atoms with E-state index in [-0.39, 0.29) is 0 Å². The summed E-state index contributed by atoms with van der Waals surface area (Å²) in [5.74, 6) is 1.01. The van der Waals surface area contributed by atoms with E-state index in [1.807, 2.05) is 13.8 Å². The average Bonchev–Trinajstić information content (AvgIpc) is 2.96. The number of hydrogen-bond acceptors (Lipinski definition) is 3. The van der Waals surface area contributed by atoms with Crippen LogP contribution in [0.15, 0.2) is 6.20 Å². The summed E-state index contributed by atoms with van der Waals surface area (Å²) < 4.78 is 7.72. The van der Waals surface area contributed by atoms with Crippen molar-refractivity contribution in [3.8, 4) is 0 Å². The number of nitrogens with one attached hydrogen (secondary N) is 1. The molecule has 18 heavy (non-hydrogen) atoms. The molecule has 1 aromatic heterocycles. The van der Waals surface area contributed by atoms with Crippen LogP contribution in [0, 0.1) is 6.92 Å². The van der Waals surface area contributed by atoms with Crippen molar-refractivity contribution < 1.29 is 4.74 Å². The fraction of sp³-hybridized carbons (Fsp3) is 0.786. The number of imidazole rings is 1. The first kappa shape index (κ1) is 13.4. The molecule has 0 saturated heterocycles. The minimum Gasteiger partial charge on any atom is -0.380 e. The van der Waals surface area contributed by atoms with Gasteiger partial charge in [0.1, 0.15) is 0 Å². The summed E-state index contributed by atoms with van der Waals surface area (Å²) in [4.78, 5) is 4.60. The quantitative estimate of drug-likeness (QED) is 0.844. The van der Waals surface area contributed by atoms with E-state index in [0.717, 1.165) is 24.9 Å². The smallest absolute Gasteiger partial charge is 0.203 e. The molecule has 1 saturated carbocycles. The Bertz CT molecular complexity index is 369. The second kappa shape index (κ2) is 6.23. The molecule has 1 unspecified atom stereocenters. The van der Waals surface area contributed by atoms with Gasteiger partial charge >= 0.3 is 0 Å². The topological polar surface area (TPSA) is 39.1 Å². The van der Waals surface area contributed by atoms with Crippen molar-refractivity contribution in [2.75, 3.05) is 18.5 Å². The predicted octanol–water partition coefficient (Wildman–Crippen LogP) is 3.14. The first-order chi connectivity index (χ1) is 8.70. The molecule has 1 fully saturated rings. The zero-order valence-corrected chi connectivity index (χ0v) is 11.8. The van der Waals surface area contributed by atoms with Gasteiger partial charge in [-0.15, -0.1) is 0 Å². The van der Waals surface area contributed by atoms with Gasteiger partial charge in [-0.25, -0.2) is 4.98 Å². The van der Waals surface area contributed by atoms with Crippen LogP contribution < -0.4 is 5.32 Å². The fourth-order valence-electron chi connectivity index (χ4n) is 2.58. The van der Waals surface area contributed by atoms with Gasteiger partial charge in [-0.1, -0.05) is 12.8 Å². The summed E-state index contributed by atoms with van der Waals surface area (Å²) in [6.45, 7) is 7.76. The molecule has 0 spiro atoms. The number of hydrogen-bond donors (Lipinski definition) is 1. The zero-order chi connectivity index (χ0) is 13.0. The maximum Gasteiger partial charge on any atom is 0.203 e. The molecule has 0 aromatic carbocycles. The summed E-state index contributed by atoms with van der Waals surface area (Å²) in [6, 6.07) is 0.930. The standard InChI is InChI=1S/C14H25N3O/c1-4-18-10-12(3)17-9-11(2)15-14(17)16-13-7-5-6-8-13/h9,12-13H,4-8,10H2,1-3H3,(H,15,16). The van der Waals surface area contributed by atoms with Gasteiger partial charge in [0, 0.05) is 18.8 Å². The van der Waals surface area contributed by atoms with Crippen molar-refractivity contribution in [2.45, 2.75) is 58.5 Å². The lowest BCUT2D eigenvalue weighted by Gasteiger charge is -2.19. The summed E-state index contributed by atoms with van der Waals surface area (Å²) in [7, 11) is 0. The SMILES string of the molecule is CCOCC(C)n1cc(C)nc1NC1CCCC1. The van der Waals surface area contributed by atoms with Crippen molar-refractivity contribution in [1.29, 1.82) is 0 Å². The maximum atomic E-state index is 5.51. The molecule has 0 bridgehead atoms. The lowest BCUT2D eigenvalue weighted by molar-refractivity contribution is 0.119. The Morgan fingerprint density at radius 1 is 1.50 bits per heavy atom. The van der Waals surface area contributed by atoms with Gasteiger partial charge in [0.05, 0.1) is 18.3 Å². The highest BCUT2D eigenvalue weighted by Crippen LogP contribution is 2.23. The van der Waals surface area contributed by atoms with Crippen LogP contribution in [-0.4, -0.2) is 28.8 Å². The number of aromatic nitrogens is 2. The predicted molar refractivity (Wildman–Crippen MR) is 74.0 cm³/mol. The van der Waals surface area contributed by atoms with Crippen LogP contribution in [0.1, 0.15) is 51.3 Å². The molecule has 1 aliphatic carbocycles. The van der Waals surface area contributed by atoms with Crippen LogP contribution in [0.25, 0.3) is 0 Å². The minimum atomic E-state index is 0.329. The van der Waals surface area contributed by atoms with Gasteiger partial charge in [0.15, 0.2) is 0 Å². The van der Waals surface area contributed by atoms with Gasteiger partial charge in [-0.3, -0.25) is 0 Å². The first-order valence-electron chi connectivity index (χ1n) is 7.10. The molecule has 1 aliphatic rings. The number of rotatable bonds is 6. The van der Waals surface area contributed by atoms with Crippen LogP contribution in [0.3, 0.4) is 0 Å². The molecule has 0 amide bonds. The molecule has 0 radical (unpaired) electrons. The molecule has 1 atom stereocenters. The van der Waals surface area contributed by atoms with E-state index in [1.54, 1.807) is 0 Å². The second-order valence-corrected chi connectivity index (χ2v) is 5.25. The van der Waals surface area contributed by atoms with Crippen molar-refractivity contribution >= 4 is 5.95 Å². The summed E-state index contributed by atoms with van der Waals surface area (Å²) in [6.07, 6.45) is 7.33. The normalized spacial score (nSPS) is 18.2. The van der Waals surface area contributed by atoms with Crippen molar-refractivity contribution in [3.63, 3.8) is 0 Å². The van der Waals surface area contributed by atoms with Crippen molar-refractivity contribution in [3.05, 3.63) is 11.9 Å². The average molecular weight is 251 g/mol. The van der Waals surface area contributed by atoms with Crippen LogP contribution in [0.2, 0.25) is 0 Å². The van der Waals surface area contributed by atoms with Gasteiger partial charge in [-0.05, 0) is 33.6 Å². The van der Waals surface area contributed by atoms with E-state index < -0.39 is 0 Å².